The van der Waals surface area contributed by atoms with Crippen molar-refractivity contribution in [1.82, 2.24) is 5.32 Å². The molecule has 3 atom stereocenters. The largest absolute Gasteiger partial charge is 0.377 e. The van der Waals surface area contributed by atoms with Gasteiger partial charge in [0.15, 0.2) is 0 Å². The van der Waals surface area contributed by atoms with Crippen LogP contribution < -0.4 is 11.1 Å². The molecule has 0 amide bonds. The molecule has 3 aliphatic rings. The molecule has 3 unspecified atom stereocenters. The molecule has 0 radical (unpaired) electrons. The highest BCUT2D eigenvalue weighted by molar-refractivity contribution is 5.21. The lowest BCUT2D eigenvalue weighted by Crippen LogP contribution is -2.81. The molecular weight excluding hydrogens is 224 g/mol. The van der Waals surface area contributed by atoms with Gasteiger partial charge in [-0.15, -0.1) is 0 Å². The molecule has 2 saturated carbocycles. The molecule has 3 rings (SSSR count). The van der Waals surface area contributed by atoms with Crippen molar-refractivity contribution in [2.75, 3.05) is 13.2 Å². The molecule has 0 aromatic rings. The average Bonchev–Trinajstić information content (AvgIpc) is 2.33. The molecule has 3 N–H and O–H groups in total. The molecule has 1 aliphatic heterocycles. The van der Waals surface area contributed by atoms with Crippen LogP contribution in [0.5, 0.6) is 0 Å². The van der Waals surface area contributed by atoms with Crippen LogP contribution in [0.25, 0.3) is 0 Å². The molecule has 0 aromatic heterocycles. The van der Waals surface area contributed by atoms with Crippen molar-refractivity contribution < 1.29 is 4.74 Å². The smallest absolute Gasteiger partial charge is 0.0690 e. The van der Waals surface area contributed by atoms with Crippen LogP contribution in [0, 0.1) is 11.3 Å². The Labute approximate surface area is 111 Å². The summed E-state index contributed by atoms with van der Waals surface area (Å²) in [7, 11) is 0. The van der Waals surface area contributed by atoms with Crippen molar-refractivity contribution in [2.24, 2.45) is 17.1 Å². The Morgan fingerprint density at radius 3 is 2.56 bits per heavy atom. The maximum absolute atomic E-state index is 6.78. The van der Waals surface area contributed by atoms with Crippen LogP contribution in [-0.4, -0.2) is 30.3 Å². The molecule has 3 fully saturated rings. The summed E-state index contributed by atoms with van der Waals surface area (Å²) in [6.07, 6.45) is 6.76. The second-order valence-electron chi connectivity index (χ2n) is 7.57. The zero-order valence-corrected chi connectivity index (χ0v) is 12.1. The highest BCUT2D eigenvalue weighted by Gasteiger charge is 2.66. The van der Waals surface area contributed by atoms with E-state index in [1.54, 1.807) is 0 Å². The maximum Gasteiger partial charge on any atom is 0.0690 e. The van der Waals surface area contributed by atoms with Gasteiger partial charge in [-0.2, -0.15) is 0 Å². The minimum Gasteiger partial charge on any atom is -0.377 e. The summed E-state index contributed by atoms with van der Waals surface area (Å²) in [5.74, 6) is 0.553. The van der Waals surface area contributed by atoms with E-state index in [1.165, 1.54) is 32.1 Å². The predicted octanol–water partition coefficient (Wildman–Crippen LogP) is 2.05. The minimum atomic E-state index is -0.0866. The molecule has 3 heteroatoms. The fourth-order valence-corrected chi connectivity index (χ4v) is 4.27. The summed E-state index contributed by atoms with van der Waals surface area (Å²) in [5.41, 5.74) is 7.14. The van der Waals surface area contributed by atoms with Gasteiger partial charge in [0.25, 0.3) is 0 Å². The Balaban J connectivity index is 1.68. The Bertz CT molecular complexity index is 337. The average molecular weight is 252 g/mol. The van der Waals surface area contributed by atoms with Gasteiger partial charge < -0.3 is 15.8 Å². The first-order valence-electron chi connectivity index (χ1n) is 7.55. The summed E-state index contributed by atoms with van der Waals surface area (Å²) in [6, 6.07) is 0. The van der Waals surface area contributed by atoms with E-state index in [0.29, 0.717) is 17.6 Å². The summed E-state index contributed by atoms with van der Waals surface area (Å²) >= 11 is 0. The van der Waals surface area contributed by atoms with Crippen LogP contribution in [0.1, 0.15) is 52.9 Å². The molecular formula is C15H28N2O. The Morgan fingerprint density at radius 1 is 1.22 bits per heavy atom. The highest BCUT2D eigenvalue weighted by atomic mass is 16.5. The number of ether oxygens (including phenoxy) is 1. The normalized spacial score (nSPS) is 44.7. The van der Waals surface area contributed by atoms with Crippen molar-refractivity contribution in [3.63, 3.8) is 0 Å². The first-order valence-corrected chi connectivity index (χ1v) is 7.55. The zero-order valence-electron chi connectivity index (χ0n) is 12.1. The van der Waals surface area contributed by atoms with Gasteiger partial charge in [-0.05, 0) is 39.0 Å². The van der Waals surface area contributed by atoms with Gasteiger partial charge in [0.1, 0.15) is 0 Å². The van der Waals surface area contributed by atoms with Crippen molar-refractivity contribution in [2.45, 2.75) is 70.1 Å². The van der Waals surface area contributed by atoms with E-state index in [1.807, 2.05) is 0 Å². The summed E-state index contributed by atoms with van der Waals surface area (Å²) in [4.78, 5) is 0. The zero-order chi connectivity index (χ0) is 13.0. The maximum atomic E-state index is 6.78. The number of rotatable bonds is 3. The molecule has 104 valence electrons. The number of hydrogen-bond acceptors (Lipinski definition) is 3. The second-order valence-corrected chi connectivity index (χ2v) is 7.57. The standard InChI is InChI=1S/C15H28N2O/c1-13(2)12-11(6-4-9-18-12)15(13,16)10-17-14(3)7-5-8-14/h11-12,17H,4-10,16H2,1-3H3. The van der Waals surface area contributed by atoms with Gasteiger partial charge in [-0.3, -0.25) is 0 Å². The summed E-state index contributed by atoms with van der Waals surface area (Å²) in [6.45, 7) is 8.77. The molecule has 0 bridgehead atoms. The van der Waals surface area contributed by atoms with Gasteiger partial charge in [0, 0.05) is 35.6 Å². The van der Waals surface area contributed by atoms with Gasteiger partial charge in [0.2, 0.25) is 0 Å². The van der Waals surface area contributed by atoms with E-state index >= 15 is 0 Å². The van der Waals surface area contributed by atoms with E-state index in [4.69, 9.17) is 10.5 Å². The lowest BCUT2D eigenvalue weighted by atomic mass is 9.46. The van der Waals surface area contributed by atoms with Gasteiger partial charge in [0.05, 0.1) is 6.10 Å². The van der Waals surface area contributed by atoms with Crippen LogP contribution in [0.2, 0.25) is 0 Å². The highest BCUT2D eigenvalue weighted by Crippen LogP contribution is 2.57. The van der Waals surface area contributed by atoms with Gasteiger partial charge in [-0.1, -0.05) is 13.8 Å². The number of fused-ring (bicyclic) bond motifs is 1. The quantitative estimate of drug-likeness (QED) is 0.808. The number of hydrogen-bond donors (Lipinski definition) is 2. The Kier molecular flexibility index (Phi) is 2.82. The number of nitrogens with two attached hydrogens (primary N) is 1. The van der Waals surface area contributed by atoms with E-state index in [0.717, 1.165) is 13.2 Å². The Morgan fingerprint density at radius 2 is 1.94 bits per heavy atom. The summed E-state index contributed by atoms with van der Waals surface area (Å²) in [5, 5.41) is 3.75. The van der Waals surface area contributed by atoms with Crippen molar-refractivity contribution in [3.05, 3.63) is 0 Å². The third-order valence-corrected chi connectivity index (χ3v) is 6.16. The predicted molar refractivity (Wildman–Crippen MR) is 73.4 cm³/mol. The van der Waals surface area contributed by atoms with Crippen molar-refractivity contribution in [3.8, 4) is 0 Å². The lowest BCUT2D eigenvalue weighted by Gasteiger charge is -2.67. The van der Waals surface area contributed by atoms with Crippen LogP contribution in [-0.2, 0) is 4.74 Å². The molecule has 2 aliphatic carbocycles. The molecule has 1 saturated heterocycles. The molecule has 0 spiro atoms. The van der Waals surface area contributed by atoms with Crippen molar-refractivity contribution >= 4 is 0 Å². The van der Waals surface area contributed by atoms with E-state index in [9.17, 15) is 0 Å². The minimum absolute atomic E-state index is 0.0866. The van der Waals surface area contributed by atoms with Gasteiger partial charge >= 0.3 is 0 Å². The van der Waals surface area contributed by atoms with Crippen LogP contribution in [0.4, 0.5) is 0 Å². The van der Waals surface area contributed by atoms with E-state index in [2.05, 4.69) is 26.1 Å². The molecule has 3 nitrogen and oxygen atoms in total. The fourth-order valence-electron chi connectivity index (χ4n) is 4.27. The SMILES string of the molecule is CC1(NCC2(N)C3CCCOC3C2(C)C)CCC1. The monoisotopic (exact) mass is 252 g/mol. The number of nitrogens with one attached hydrogen (secondary N) is 1. The summed E-state index contributed by atoms with van der Waals surface area (Å²) < 4.78 is 5.95. The topological polar surface area (TPSA) is 47.3 Å². The van der Waals surface area contributed by atoms with E-state index < -0.39 is 0 Å². The second kappa shape index (κ2) is 3.94. The van der Waals surface area contributed by atoms with E-state index in [-0.39, 0.29) is 11.0 Å². The molecule has 0 aromatic carbocycles. The third kappa shape index (κ3) is 1.60. The molecule has 18 heavy (non-hydrogen) atoms. The molecule has 1 heterocycles. The van der Waals surface area contributed by atoms with Crippen LogP contribution in [0.3, 0.4) is 0 Å². The van der Waals surface area contributed by atoms with Crippen LogP contribution >= 0.6 is 0 Å². The fraction of sp³-hybridized carbons (Fsp3) is 1.00. The first kappa shape index (κ1) is 12.9. The van der Waals surface area contributed by atoms with Gasteiger partial charge in [-0.25, -0.2) is 0 Å². The van der Waals surface area contributed by atoms with Crippen LogP contribution in [0.15, 0.2) is 0 Å². The first-order chi connectivity index (χ1) is 8.39. The van der Waals surface area contributed by atoms with Crippen molar-refractivity contribution in [1.29, 1.82) is 0 Å². The lowest BCUT2D eigenvalue weighted by molar-refractivity contribution is -0.227. The Hall–Kier alpha value is -0.120. The third-order valence-electron chi connectivity index (χ3n) is 6.16.